The SMILES string of the molecule is CC[I-]Oc1ccc(Cl)c(O)c1. The Hall–Kier alpha value is -0.160. The predicted octanol–water partition coefficient (Wildman–Crippen LogP) is -0.552. The van der Waals surface area contributed by atoms with E-state index in [-0.39, 0.29) is 27.4 Å². The van der Waals surface area contributed by atoms with Crippen molar-refractivity contribution in [3.8, 4) is 11.5 Å². The molecule has 0 unspecified atom stereocenters. The molecule has 1 aromatic rings. The van der Waals surface area contributed by atoms with E-state index in [2.05, 4.69) is 6.92 Å². The molecule has 0 radical (unpaired) electrons. The summed E-state index contributed by atoms with van der Waals surface area (Å²) in [5, 5.41) is 9.56. The Kier molecular flexibility index (Phi) is 3.94. The van der Waals surface area contributed by atoms with Crippen molar-refractivity contribution in [2.24, 2.45) is 0 Å². The summed E-state index contributed by atoms with van der Waals surface area (Å²) in [5.41, 5.74) is 0. The summed E-state index contributed by atoms with van der Waals surface area (Å²) in [6, 6.07) is 4.93. The standard InChI is InChI=1S/C8H9ClIO2/c1-2-10-12-6-3-4-7(9)8(11)5-6/h3-5,11H,2H2,1H3/q-1. The zero-order valence-corrected chi connectivity index (χ0v) is 9.46. The normalized spacial score (nSPS) is 10.2. The fraction of sp³-hybridized carbons (Fsp3) is 0.250. The van der Waals surface area contributed by atoms with Crippen molar-refractivity contribution in [3.63, 3.8) is 0 Å². The Morgan fingerprint density at radius 1 is 1.58 bits per heavy atom. The fourth-order valence-corrected chi connectivity index (χ4v) is 1.72. The molecule has 0 atom stereocenters. The molecular formula is C8H9ClIO2-. The summed E-state index contributed by atoms with van der Waals surface area (Å²) in [6.07, 6.45) is 0. The molecule has 1 aromatic carbocycles. The number of hydrogen-bond acceptors (Lipinski definition) is 2. The molecule has 2 nitrogen and oxygen atoms in total. The molecule has 0 bridgehead atoms. The zero-order valence-electron chi connectivity index (χ0n) is 6.55. The molecule has 0 heterocycles. The summed E-state index contributed by atoms with van der Waals surface area (Å²) < 4.78 is 6.44. The fourth-order valence-electron chi connectivity index (χ4n) is 0.658. The summed E-state index contributed by atoms with van der Waals surface area (Å²) in [4.78, 5) is 0. The van der Waals surface area contributed by atoms with Crippen molar-refractivity contribution in [2.75, 3.05) is 4.43 Å². The Morgan fingerprint density at radius 3 is 2.92 bits per heavy atom. The second-order valence-electron chi connectivity index (χ2n) is 2.07. The Balaban J connectivity index is 2.69. The van der Waals surface area contributed by atoms with Crippen molar-refractivity contribution < 1.29 is 29.8 Å². The van der Waals surface area contributed by atoms with Gasteiger partial charge in [-0.3, -0.25) is 0 Å². The second kappa shape index (κ2) is 4.77. The third-order valence-electron chi connectivity index (χ3n) is 1.17. The molecule has 0 aliphatic rings. The van der Waals surface area contributed by atoms with E-state index < -0.39 is 0 Å². The van der Waals surface area contributed by atoms with Crippen molar-refractivity contribution >= 4 is 11.6 Å². The van der Waals surface area contributed by atoms with Gasteiger partial charge in [0, 0.05) is 0 Å². The number of alkyl halides is 1. The van der Waals surface area contributed by atoms with Gasteiger partial charge in [-0.2, -0.15) is 0 Å². The molecule has 0 aromatic heterocycles. The first-order valence-corrected chi connectivity index (χ1v) is 6.27. The maximum atomic E-state index is 9.20. The van der Waals surface area contributed by atoms with Gasteiger partial charge in [0.15, 0.2) is 0 Å². The van der Waals surface area contributed by atoms with E-state index in [4.69, 9.17) is 14.7 Å². The van der Waals surface area contributed by atoms with Gasteiger partial charge >= 0.3 is 87.5 Å². The molecule has 4 heteroatoms. The number of benzene rings is 1. The third kappa shape index (κ3) is 2.71. The molecule has 12 heavy (non-hydrogen) atoms. The van der Waals surface area contributed by atoms with Gasteiger partial charge in [0.1, 0.15) is 0 Å². The zero-order chi connectivity index (χ0) is 8.97. The summed E-state index contributed by atoms with van der Waals surface area (Å²) >= 11 is 5.39. The van der Waals surface area contributed by atoms with Gasteiger partial charge in [-0.25, -0.2) is 0 Å². The molecule has 0 amide bonds. The minimum absolute atomic E-state index is 0.0780. The topological polar surface area (TPSA) is 29.5 Å². The minimum atomic E-state index is -0.228. The van der Waals surface area contributed by atoms with E-state index in [1.165, 1.54) is 6.07 Å². The van der Waals surface area contributed by atoms with E-state index in [0.29, 0.717) is 10.8 Å². The van der Waals surface area contributed by atoms with Crippen LogP contribution in [0, 0.1) is 0 Å². The van der Waals surface area contributed by atoms with Crippen LogP contribution in [0.4, 0.5) is 0 Å². The first-order valence-electron chi connectivity index (χ1n) is 3.48. The van der Waals surface area contributed by atoms with Crippen LogP contribution < -0.4 is 24.7 Å². The van der Waals surface area contributed by atoms with E-state index in [0.717, 1.165) is 4.43 Å². The van der Waals surface area contributed by atoms with Crippen LogP contribution in [0.15, 0.2) is 18.2 Å². The second-order valence-corrected chi connectivity index (χ2v) is 5.06. The number of phenolic OH excluding ortho intramolecular Hbond substituents is 1. The quantitative estimate of drug-likeness (QED) is 0.599. The number of halogens is 2. The van der Waals surface area contributed by atoms with Crippen LogP contribution in [0.2, 0.25) is 5.02 Å². The molecular weight excluding hydrogens is 290 g/mol. The molecule has 0 saturated heterocycles. The van der Waals surface area contributed by atoms with E-state index in [1.807, 2.05) is 0 Å². The Labute approximate surface area is 87.3 Å². The molecule has 0 aliphatic heterocycles. The summed E-state index contributed by atoms with van der Waals surface area (Å²) in [7, 11) is 0. The van der Waals surface area contributed by atoms with Gasteiger partial charge in [0.25, 0.3) is 0 Å². The van der Waals surface area contributed by atoms with Crippen LogP contribution in [-0.4, -0.2) is 9.53 Å². The molecule has 0 spiro atoms. The Bertz CT molecular complexity index is 265. The van der Waals surface area contributed by atoms with Crippen molar-refractivity contribution in [1.29, 1.82) is 0 Å². The van der Waals surface area contributed by atoms with Gasteiger partial charge < -0.3 is 0 Å². The average Bonchev–Trinajstić information content (AvgIpc) is 2.07. The predicted molar refractivity (Wildman–Crippen MR) is 44.3 cm³/mol. The van der Waals surface area contributed by atoms with Crippen LogP contribution in [0.5, 0.6) is 11.5 Å². The monoisotopic (exact) mass is 299 g/mol. The number of phenols is 1. The number of hydrogen-bond donors (Lipinski definition) is 1. The molecule has 0 fully saturated rings. The number of aromatic hydroxyl groups is 1. The summed E-state index contributed by atoms with van der Waals surface area (Å²) in [6.45, 7) is 2.07. The van der Waals surface area contributed by atoms with Crippen molar-refractivity contribution in [3.05, 3.63) is 23.2 Å². The molecule has 68 valence electrons. The van der Waals surface area contributed by atoms with Crippen LogP contribution in [0.25, 0.3) is 0 Å². The van der Waals surface area contributed by atoms with Gasteiger partial charge in [-0.05, 0) is 0 Å². The van der Waals surface area contributed by atoms with Crippen LogP contribution >= 0.6 is 11.6 Å². The van der Waals surface area contributed by atoms with Crippen molar-refractivity contribution in [2.45, 2.75) is 6.92 Å². The van der Waals surface area contributed by atoms with Crippen LogP contribution in [0.3, 0.4) is 0 Å². The summed E-state index contributed by atoms with van der Waals surface area (Å²) in [5.74, 6) is 0.779. The van der Waals surface area contributed by atoms with E-state index >= 15 is 0 Å². The van der Waals surface area contributed by atoms with Gasteiger partial charge in [0.05, 0.1) is 0 Å². The number of rotatable bonds is 3. The Morgan fingerprint density at radius 2 is 2.33 bits per heavy atom. The van der Waals surface area contributed by atoms with Crippen molar-refractivity contribution in [1.82, 2.24) is 0 Å². The molecule has 0 saturated carbocycles. The average molecular weight is 300 g/mol. The van der Waals surface area contributed by atoms with Crippen LogP contribution in [-0.2, 0) is 0 Å². The molecule has 1 rings (SSSR count). The third-order valence-corrected chi connectivity index (χ3v) is 2.93. The molecule has 0 aliphatic carbocycles. The molecule has 1 N–H and O–H groups in total. The van der Waals surface area contributed by atoms with E-state index in [9.17, 15) is 5.11 Å². The van der Waals surface area contributed by atoms with Gasteiger partial charge in [-0.1, -0.05) is 0 Å². The van der Waals surface area contributed by atoms with E-state index in [1.54, 1.807) is 12.1 Å². The van der Waals surface area contributed by atoms with Gasteiger partial charge in [-0.15, -0.1) is 0 Å². The van der Waals surface area contributed by atoms with Crippen LogP contribution in [0.1, 0.15) is 6.92 Å². The first kappa shape index (κ1) is 9.92. The van der Waals surface area contributed by atoms with Gasteiger partial charge in [0.2, 0.25) is 0 Å². The maximum absolute atomic E-state index is 9.20. The first-order chi connectivity index (χ1) is 5.74.